The van der Waals surface area contributed by atoms with Crippen molar-refractivity contribution in [2.45, 2.75) is 26.3 Å². The van der Waals surface area contributed by atoms with E-state index in [0.717, 1.165) is 23.7 Å². The van der Waals surface area contributed by atoms with Crippen LogP contribution in [-0.4, -0.2) is 20.6 Å². The number of nitrogens with zero attached hydrogens (tertiary/aromatic N) is 3. The quantitative estimate of drug-likeness (QED) is 0.671. The minimum absolute atomic E-state index is 0.182. The maximum atomic E-state index is 11.3. The largest absolute Gasteiger partial charge is 0.365 e. The van der Waals surface area contributed by atoms with E-state index in [9.17, 15) is 14.9 Å². The van der Waals surface area contributed by atoms with E-state index in [-0.39, 0.29) is 17.4 Å². The van der Waals surface area contributed by atoms with Crippen LogP contribution in [0.5, 0.6) is 0 Å². The molecule has 2 rings (SSSR count). The molecule has 0 bridgehead atoms. The molecule has 7 heteroatoms. The van der Waals surface area contributed by atoms with Gasteiger partial charge in [-0.1, -0.05) is 36.3 Å². The van der Waals surface area contributed by atoms with Gasteiger partial charge in [0.25, 0.3) is 5.91 Å². The third-order valence-electron chi connectivity index (χ3n) is 3.42. The summed E-state index contributed by atoms with van der Waals surface area (Å²) in [4.78, 5) is 21.8. The van der Waals surface area contributed by atoms with Crippen LogP contribution in [0.15, 0.2) is 30.5 Å². The summed E-state index contributed by atoms with van der Waals surface area (Å²) < 4.78 is 1.22. The number of carbonyl (C=O) groups excluding carboxylic acids is 1. The van der Waals surface area contributed by atoms with Gasteiger partial charge < -0.3 is 15.8 Å². The summed E-state index contributed by atoms with van der Waals surface area (Å²) in [5, 5.41) is 15.2. The number of carbonyl (C=O) groups is 1. The Hall–Kier alpha value is -2.70. The first-order valence-corrected chi connectivity index (χ1v) is 6.56. The Balaban J connectivity index is 2.50. The summed E-state index contributed by atoms with van der Waals surface area (Å²) in [5.74, 6) is -1.24. The lowest BCUT2D eigenvalue weighted by Gasteiger charge is -2.10. The summed E-state index contributed by atoms with van der Waals surface area (Å²) in [6.45, 7) is 3.82. The van der Waals surface area contributed by atoms with E-state index < -0.39 is 10.8 Å². The number of primary amides is 1. The highest BCUT2D eigenvalue weighted by Crippen LogP contribution is 2.26. The summed E-state index contributed by atoms with van der Waals surface area (Å²) >= 11 is 0. The molecule has 0 aliphatic heterocycles. The predicted octanol–water partition coefficient (Wildman–Crippen LogP) is 2.06. The van der Waals surface area contributed by atoms with Crippen LogP contribution in [0.3, 0.4) is 0 Å². The monoisotopic (exact) mass is 288 g/mol. The fraction of sp³-hybridized carbons (Fsp3) is 0.286. The maximum absolute atomic E-state index is 11.3. The minimum Gasteiger partial charge on any atom is -0.365 e. The van der Waals surface area contributed by atoms with E-state index in [1.165, 1.54) is 4.68 Å². The lowest BCUT2D eigenvalue weighted by atomic mass is 10.0. The number of amides is 1. The van der Waals surface area contributed by atoms with Crippen LogP contribution in [0.1, 0.15) is 41.4 Å². The van der Waals surface area contributed by atoms with E-state index in [1.807, 2.05) is 31.2 Å². The number of nitro groups is 1. The molecule has 1 aromatic carbocycles. The van der Waals surface area contributed by atoms with Crippen LogP contribution in [0, 0.1) is 10.1 Å². The average Bonchev–Trinajstić information content (AvgIpc) is 2.91. The molecule has 1 atom stereocenters. The van der Waals surface area contributed by atoms with Gasteiger partial charge in [-0.2, -0.15) is 0 Å². The zero-order chi connectivity index (χ0) is 15.6. The second-order valence-corrected chi connectivity index (χ2v) is 4.72. The number of rotatable bonds is 5. The van der Waals surface area contributed by atoms with E-state index in [0.29, 0.717) is 0 Å². The first-order chi connectivity index (χ1) is 9.95. The molecule has 0 spiro atoms. The van der Waals surface area contributed by atoms with E-state index in [2.05, 4.69) is 5.10 Å². The first-order valence-electron chi connectivity index (χ1n) is 6.56. The molecule has 0 radical (unpaired) electrons. The lowest BCUT2D eigenvalue weighted by Crippen LogP contribution is -2.16. The minimum atomic E-state index is -0.859. The number of benzene rings is 1. The fourth-order valence-corrected chi connectivity index (χ4v) is 2.21. The predicted molar refractivity (Wildman–Crippen MR) is 77.0 cm³/mol. The normalized spacial score (nSPS) is 12.1. The number of aromatic nitrogens is 2. The molecule has 2 aromatic rings. The summed E-state index contributed by atoms with van der Waals surface area (Å²) in [6.07, 6.45) is 2.01. The Labute approximate surface area is 121 Å². The summed E-state index contributed by atoms with van der Waals surface area (Å²) in [5.41, 5.74) is 6.99. The van der Waals surface area contributed by atoms with E-state index in [4.69, 9.17) is 5.73 Å². The third kappa shape index (κ3) is 2.76. The Morgan fingerprint density at radius 2 is 2.24 bits per heavy atom. The molecule has 7 nitrogen and oxygen atoms in total. The van der Waals surface area contributed by atoms with Crippen LogP contribution in [0.2, 0.25) is 0 Å². The van der Waals surface area contributed by atoms with Crippen LogP contribution in [-0.2, 0) is 6.42 Å². The first kappa shape index (κ1) is 14.7. The molecule has 110 valence electrons. The molecule has 1 unspecified atom stereocenters. The number of aryl methyl sites for hydroxylation is 1. The van der Waals surface area contributed by atoms with Crippen LogP contribution in [0.25, 0.3) is 0 Å². The van der Waals surface area contributed by atoms with Crippen molar-refractivity contribution in [3.8, 4) is 0 Å². The van der Waals surface area contributed by atoms with Gasteiger partial charge >= 0.3 is 5.82 Å². The van der Waals surface area contributed by atoms with Crippen molar-refractivity contribution in [2.24, 2.45) is 5.73 Å². The molecule has 1 heterocycles. The number of hydrogen-bond acceptors (Lipinski definition) is 4. The SMILES string of the molecule is CCc1cccc(C(C)n2ncc(C(N)=O)c2[N+](=O)[O-])c1. The second kappa shape index (κ2) is 5.74. The van der Waals surface area contributed by atoms with Gasteiger partial charge in [-0.05, 0) is 29.4 Å². The van der Waals surface area contributed by atoms with Gasteiger partial charge in [-0.25, -0.2) is 0 Å². The Bertz CT molecular complexity index is 693. The molecule has 0 saturated carbocycles. The van der Waals surface area contributed by atoms with Gasteiger partial charge in [0.15, 0.2) is 5.56 Å². The van der Waals surface area contributed by atoms with Gasteiger partial charge in [0.05, 0.1) is 6.20 Å². The molecule has 2 N–H and O–H groups in total. The number of nitrogens with two attached hydrogens (primary N) is 1. The van der Waals surface area contributed by atoms with Gasteiger partial charge in [0, 0.05) is 0 Å². The molecular formula is C14H16N4O3. The van der Waals surface area contributed by atoms with Gasteiger partial charge in [-0.3, -0.25) is 4.79 Å². The van der Waals surface area contributed by atoms with Crippen molar-refractivity contribution in [3.05, 3.63) is 57.3 Å². The standard InChI is InChI=1S/C14H16N4O3/c1-3-10-5-4-6-11(7-10)9(2)17-14(18(20)21)12(8-16-17)13(15)19/h4-9H,3H2,1-2H3,(H2,15,19). The van der Waals surface area contributed by atoms with Gasteiger partial charge in [-0.15, -0.1) is 4.68 Å². The topological polar surface area (TPSA) is 104 Å². The Kier molecular flexibility index (Phi) is 4.02. The number of hydrogen-bond donors (Lipinski definition) is 1. The maximum Gasteiger partial charge on any atom is 0.358 e. The molecule has 0 fully saturated rings. The van der Waals surface area contributed by atoms with Crippen molar-refractivity contribution in [1.29, 1.82) is 0 Å². The van der Waals surface area contributed by atoms with Crippen molar-refractivity contribution in [2.75, 3.05) is 0 Å². The summed E-state index contributed by atoms with van der Waals surface area (Å²) in [6, 6.07) is 7.36. The third-order valence-corrected chi connectivity index (χ3v) is 3.42. The Morgan fingerprint density at radius 1 is 1.52 bits per heavy atom. The fourth-order valence-electron chi connectivity index (χ4n) is 2.21. The zero-order valence-corrected chi connectivity index (χ0v) is 11.8. The van der Waals surface area contributed by atoms with Crippen molar-refractivity contribution in [1.82, 2.24) is 9.78 Å². The molecule has 0 aliphatic carbocycles. The average molecular weight is 288 g/mol. The zero-order valence-electron chi connectivity index (χ0n) is 11.8. The van der Waals surface area contributed by atoms with Crippen LogP contribution < -0.4 is 5.73 Å². The highest BCUT2D eigenvalue weighted by molar-refractivity contribution is 5.96. The molecular weight excluding hydrogens is 272 g/mol. The van der Waals surface area contributed by atoms with E-state index in [1.54, 1.807) is 6.92 Å². The molecule has 1 amide bonds. The molecule has 21 heavy (non-hydrogen) atoms. The van der Waals surface area contributed by atoms with Crippen molar-refractivity contribution in [3.63, 3.8) is 0 Å². The van der Waals surface area contributed by atoms with Crippen LogP contribution >= 0.6 is 0 Å². The molecule has 0 saturated heterocycles. The Morgan fingerprint density at radius 3 is 2.81 bits per heavy atom. The molecule has 1 aromatic heterocycles. The second-order valence-electron chi connectivity index (χ2n) is 4.72. The van der Waals surface area contributed by atoms with Crippen molar-refractivity contribution >= 4 is 11.7 Å². The smallest absolute Gasteiger partial charge is 0.358 e. The van der Waals surface area contributed by atoms with Gasteiger partial charge in [0.2, 0.25) is 0 Å². The molecule has 0 aliphatic rings. The van der Waals surface area contributed by atoms with E-state index >= 15 is 0 Å². The highest BCUT2D eigenvalue weighted by Gasteiger charge is 2.29. The summed E-state index contributed by atoms with van der Waals surface area (Å²) in [7, 11) is 0. The van der Waals surface area contributed by atoms with Crippen LogP contribution in [0.4, 0.5) is 5.82 Å². The lowest BCUT2D eigenvalue weighted by molar-refractivity contribution is -0.393. The van der Waals surface area contributed by atoms with Gasteiger partial charge in [0.1, 0.15) is 6.04 Å². The highest BCUT2D eigenvalue weighted by atomic mass is 16.6. The van der Waals surface area contributed by atoms with Crippen molar-refractivity contribution < 1.29 is 9.72 Å².